The Hall–Kier alpha value is -1.62. The largest absolute Gasteiger partial charge is 0.351 e. The van der Waals surface area contributed by atoms with Crippen LogP contribution >= 0.6 is 0 Å². The molecular weight excluding hydrogens is 238 g/mol. The fourth-order valence-corrected chi connectivity index (χ4v) is 3.49. The Kier molecular flexibility index (Phi) is 2.48. The number of rotatable bonds is 1. The van der Waals surface area contributed by atoms with Crippen molar-refractivity contribution < 1.29 is 0 Å². The molecule has 0 radical (unpaired) electrons. The van der Waals surface area contributed by atoms with Crippen molar-refractivity contribution in [3.05, 3.63) is 18.1 Å². The monoisotopic (exact) mass is 257 g/mol. The summed E-state index contributed by atoms with van der Waals surface area (Å²) in [7, 11) is 2.07. The normalized spacial score (nSPS) is 23.0. The molecule has 0 aromatic carbocycles. The third-order valence-corrected chi connectivity index (χ3v) is 4.42. The van der Waals surface area contributed by atoms with Crippen LogP contribution < -0.4 is 10.2 Å². The van der Waals surface area contributed by atoms with Crippen molar-refractivity contribution in [1.29, 1.82) is 0 Å². The molecule has 0 aliphatic carbocycles. The van der Waals surface area contributed by atoms with Crippen LogP contribution in [0.2, 0.25) is 0 Å². The van der Waals surface area contributed by atoms with Gasteiger partial charge in [0.05, 0.1) is 5.39 Å². The predicted octanol–water partition coefficient (Wildman–Crippen LogP) is 1.08. The van der Waals surface area contributed by atoms with Crippen LogP contribution in [0.1, 0.15) is 18.4 Å². The molecule has 2 aromatic rings. The van der Waals surface area contributed by atoms with Gasteiger partial charge < -0.3 is 14.8 Å². The van der Waals surface area contributed by atoms with E-state index >= 15 is 0 Å². The first-order valence-electron chi connectivity index (χ1n) is 7.11. The zero-order valence-electron chi connectivity index (χ0n) is 11.3. The highest BCUT2D eigenvalue weighted by molar-refractivity contribution is 5.92. The molecule has 1 saturated heterocycles. The summed E-state index contributed by atoms with van der Waals surface area (Å²) >= 11 is 0. The zero-order chi connectivity index (χ0) is 12.8. The van der Waals surface area contributed by atoms with E-state index < -0.39 is 0 Å². The van der Waals surface area contributed by atoms with E-state index in [4.69, 9.17) is 0 Å². The van der Waals surface area contributed by atoms with Crippen molar-refractivity contribution in [3.8, 4) is 0 Å². The summed E-state index contributed by atoms with van der Waals surface area (Å²) in [4.78, 5) is 11.5. The SMILES string of the molecule is Cn1cc2c3c(ncnc31)N([C@@H]1CCCNC1)CC2. The highest BCUT2D eigenvalue weighted by Gasteiger charge is 2.28. The van der Waals surface area contributed by atoms with Gasteiger partial charge >= 0.3 is 0 Å². The average molecular weight is 257 g/mol. The molecule has 19 heavy (non-hydrogen) atoms. The number of nitrogens with one attached hydrogen (secondary N) is 1. The maximum atomic E-state index is 4.58. The van der Waals surface area contributed by atoms with Gasteiger partial charge in [-0.2, -0.15) is 0 Å². The minimum atomic E-state index is 0.584. The second kappa shape index (κ2) is 4.20. The molecule has 1 atom stereocenters. The summed E-state index contributed by atoms with van der Waals surface area (Å²) in [5.74, 6) is 1.14. The van der Waals surface area contributed by atoms with E-state index in [-0.39, 0.29) is 0 Å². The topological polar surface area (TPSA) is 46.0 Å². The van der Waals surface area contributed by atoms with E-state index in [1.807, 2.05) is 0 Å². The Balaban J connectivity index is 1.82. The molecule has 1 N–H and O–H groups in total. The Morgan fingerprint density at radius 3 is 3.16 bits per heavy atom. The average Bonchev–Trinajstić information content (AvgIpc) is 2.79. The van der Waals surface area contributed by atoms with Crippen molar-refractivity contribution in [2.24, 2.45) is 7.05 Å². The van der Waals surface area contributed by atoms with Crippen LogP contribution in [0.4, 0.5) is 5.82 Å². The molecule has 2 aliphatic rings. The molecule has 0 amide bonds. The minimum absolute atomic E-state index is 0.584. The first kappa shape index (κ1) is 11.2. The number of anilines is 1. The fraction of sp³-hybridized carbons (Fsp3) is 0.571. The van der Waals surface area contributed by atoms with E-state index in [0.717, 1.165) is 37.5 Å². The summed E-state index contributed by atoms with van der Waals surface area (Å²) in [5.41, 5.74) is 2.46. The molecule has 4 rings (SSSR count). The molecule has 0 saturated carbocycles. The van der Waals surface area contributed by atoms with Crippen molar-refractivity contribution >= 4 is 16.9 Å². The Labute approximate surface area is 112 Å². The van der Waals surface area contributed by atoms with Crippen molar-refractivity contribution in [1.82, 2.24) is 19.9 Å². The van der Waals surface area contributed by atoms with E-state index in [1.54, 1.807) is 6.33 Å². The Morgan fingerprint density at radius 1 is 1.37 bits per heavy atom. The number of aromatic nitrogens is 3. The van der Waals surface area contributed by atoms with Crippen molar-refractivity contribution in [2.75, 3.05) is 24.5 Å². The molecule has 5 nitrogen and oxygen atoms in total. The number of aryl methyl sites for hydroxylation is 1. The molecule has 2 aliphatic heterocycles. The van der Waals surface area contributed by atoms with Crippen LogP contribution in [0.3, 0.4) is 0 Å². The predicted molar refractivity (Wildman–Crippen MR) is 75.5 cm³/mol. The molecule has 1 fully saturated rings. The number of hydrogen-bond acceptors (Lipinski definition) is 4. The van der Waals surface area contributed by atoms with Crippen LogP contribution in [-0.4, -0.2) is 40.2 Å². The highest BCUT2D eigenvalue weighted by Crippen LogP contribution is 2.34. The van der Waals surface area contributed by atoms with E-state index in [1.165, 1.54) is 23.8 Å². The first-order chi connectivity index (χ1) is 9.34. The van der Waals surface area contributed by atoms with Crippen LogP contribution in [0.25, 0.3) is 11.0 Å². The van der Waals surface area contributed by atoms with Gasteiger partial charge in [-0.25, -0.2) is 9.97 Å². The summed E-state index contributed by atoms with van der Waals surface area (Å²) in [6.07, 6.45) is 7.54. The van der Waals surface area contributed by atoms with Crippen LogP contribution in [0.15, 0.2) is 12.5 Å². The van der Waals surface area contributed by atoms with Gasteiger partial charge in [-0.15, -0.1) is 0 Å². The second-order valence-corrected chi connectivity index (χ2v) is 5.60. The minimum Gasteiger partial charge on any atom is -0.351 e. The molecule has 0 unspecified atom stereocenters. The molecule has 5 heteroatoms. The lowest BCUT2D eigenvalue weighted by Gasteiger charge is -2.37. The zero-order valence-corrected chi connectivity index (χ0v) is 11.3. The van der Waals surface area contributed by atoms with E-state index in [0.29, 0.717) is 6.04 Å². The lowest BCUT2D eigenvalue weighted by Crippen LogP contribution is -2.48. The quantitative estimate of drug-likeness (QED) is 0.830. The summed E-state index contributed by atoms with van der Waals surface area (Å²) < 4.78 is 2.12. The lowest BCUT2D eigenvalue weighted by molar-refractivity contribution is 0.429. The van der Waals surface area contributed by atoms with E-state index in [9.17, 15) is 0 Å². The molecule has 2 aromatic heterocycles. The third kappa shape index (κ3) is 1.64. The summed E-state index contributed by atoms with van der Waals surface area (Å²) in [5, 5.41) is 4.77. The molecule has 4 heterocycles. The molecule has 0 bridgehead atoms. The highest BCUT2D eigenvalue weighted by atomic mass is 15.2. The van der Waals surface area contributed by atoms with Gasteiger partial charge in [0.1, 0.15) is 17.8 Å². The number of nitrogens with zero attached hydrogens (tertiary/aromatic N) is 4. The van der Waals surface area contributed by atoms with Gasteiger partial charge in [-0.3, -0.25) is 0 Å². The molecular formula is C14H19N5. The second-order valence-electron chi connectivity index (χ2n) is 5.60. The van der Waals surface area contributed by atoms with Crippen molar-refractivity contribution in [2.45, 2.75) is 25.3 Å². The van der Waals surface area contributed by atoms with Crippen LogP contribution in [0, 0.1) is 0 Å². The molecule has 100 valence electrons. The van der Waals surface area contributed by atoms with E-state index in [2.05, 4.69) is 38.0 Å². The Morgan fingerprint density at radius 2 is 2.32 bits per heavy atom. The van der Waals surface area contributed by atoms with Crippen LogP contribution in [-0.2, 0) is 13.5 Å². The van der Waals surface area contributed by atoms with Gasteiger partial charge in [0.2, 0.25) is 0 Å². The van der Waals surface area contributed by atoms with Gasteiger partial charge in [-0.1, -0.05) is 0 Å². The maximum Gasteiger partial charge on any atom is 0.145 e. The number of piperidine rings is 1. The molecule has 0 spiro atoms. The fourth-order valence-electron chi connectivity index (χ4n) is 3.49. The third-order valence-electron chi connectivity index (χ3n) is 4.42. The van der Waals surface area contributed by atoms with Gasteiger partial charge in [-0.05, 0) is 31.4 Å². The smallest absolute Gasteiger partial charge is 0.145 e. The van der Waals surface area contributed by atoms with Gasteiger partial charge in [0.15, 0.2) is 0 Å². The Bertz CT molecular complexity index is 612. The first-order valence-corrected chi connectivity index (χ1v) is 7.11. The maximum absolute atomic E-state index is 4.58. The van der Waals surface area contributed by atoms with Gasteiger partial charge in [0, 0.05) is 32.4 Å². The lowest BCUT2D eigenvalue weighted by atomic mass is 10.0. The number of hydrogen-bond donors (Lipinski definition) is 1. The van der Waals surface area contributed by atoms with Gasteiger partial charge in [0.25, 0.3) is 0 Å². The van der Waals surface area contributed by atoms with Crippen LogP contribution in [0.5, 0.6) is 0 Å². The summed E-state index contributed by atoms with van der Waals surface area (Å²) in [6.45, 7) is 3.31. The standard InChI is InChI=1S/C14H19N5/c1-18-8-10-4-6-19(11-3-2-5-15-7-11)14-12(10)13(18)16-9-17-14/h8-9,11,15H,2-7H2,1H3/t11-/m1/s1. The van der Waals surface area contributed by atoms with Crippen molar-refractivity contribution in [3.63, 3.8) is 0 Å². The summed E-state index contributed by atoms with van der Waals surface area (Å²) in [6, 6.07) is 0.584.